The van der Waals surface area contributed by atoms with Crippen molar-refractivity contribution >= 4 is 11.9 Å². The number of hydrogen-bond acceptors (Lipinski definition) is 3. The molecule has 1 saturated carbocycles. The Morgan fingerprint density at radius 3 is 2.41 bits per heavy atom. The van der Waals surface area contributed by atoms with Crippen molar-refractivity contribution < 1.29 is 19.4 Å². The molecule has 3 atom stereocenters. The largest absolute Gasteiger partial charge is 0.481 e. The van der Waals surface area contributed by atoms with Gasteiger partial charge in [-0.05, 0) is 27.2 Å². The minimum atomic E-state index is -0.854. The van der Waals surface area contributed by atoms with Crippen molar-refractivity contribution in [1.29, 1.82) is 0 Å². The van der Waals surface area contributed by atoms with Crippen LogP contribution in [0.2, 0.25) is 0 Å². The summed E-state index contributed by atoms with van der Waals surface area (Å²) in [7, 11) is 0. The molecule has 1 rings (SSSR count). The third kappa shape index (κ3) is 4.34. The molecular weight excluding hydrogens is 222 g/mol. The summed E-state index contributed by atoms with van der Waals surface area (Å²) in [4.78, 5) is 21.7. The lowest BCUT2D eigenvalue weighted by molar-refractivity contribution is -0.159. The second-order valence-electron chi connectivity index (χ2n) is 5.57. The first-order chi connectivity index (χ1) is 7.69. The Morgan fingerprint density at radius 1 is 1.41 bits per heavy atom. The Kier molecular flexibility index (Phi) is 4.14. The highest BCUT2D eigenvalue weighted by Gasteiger charge is 2.44. The lowest BCUT2D eigenvalue weighted by atomic mass is 9.74. The second kappa shape index (κ2) is 5.04. The van der Waals surface area contributed by atoms with E-state index in [0.29, 0.717) is 6.42 Å². The first kappa shape index (κ1) is 14.0. The van der Waals surface area contributed by atoms with E-state index in [-0.39, 0.29) is 36.0 Å². The van der Waals surface area contributed by atoms with Gasteiger partial charge in [-0.25, -0.2) is 0 Å². The minimum absolute atomic E-state index is 0.0334. The van der Waals surface area contributed by atoms with Gasteiger partial charge in [0.2, 0.25) is 5.91 Å². The van der Waals surface area contributed by atoms with Crippen LogP contribution in [0.1, 0.15) is 40.5 Å². The fraction of sp³-hybridized carbons (Fsp3) is 0.833. The third-order valence-corrected chi connectivity index (χ3v) is 2.78. The monoisotopic (exact) mass is 243 g/mol. The fourth-order valence-electron chi connectivity index (χ4n) is 2.16. The van der Waals surface area contributed by atoms with Crippen LogP contribution in [0.25, 0.3) is 0 Å². The lowest BCUT2D eigenvalue weighted by Crippen LogP contribution is -2.57. The molecular formula is C12H21NO4. The quantitative estimate of drug-likeness (QED) is 0.777. The average molecular weight is 243 g/mol. The van der Waals surface area contributed by atoms with Crippen LogP contribution in [-0.4, -0.2) is 34.7 Å². The zero-order chi connectivity index (χ0) is 13.2. The van der Waals surface area contributed by atoms with Crippen LogP contribution in [-0.2, 0) is 14.3 Å². The van der Waals surface area contributed by atoms with Crippen molar-refractivity contribution in [2.75, 3.05) is 0 Å². The number of rotatable bonds is 4. The highest BCUT2D eigenvalue weighted by atomic mass is 16.5. The molecule has 0 aliphatic heterocycles. The number of carbonyl (C=O) groups is 2. The minimum Gasteiger partial charge on any atom is -0.481 e. The van der Waals surface area contributed by atoms with Crippen LogP contribution in [0.15, 0.2) is 0 Å². The molecule has 0 radical (unpaired) electrons. The normalized spacial score (nSPS) is 28.4. The van der Waals surface area contributed by atoms with Crippen LogP contribution in [0.3, 0.4) is 0 Å². The SMILES string of the molecule is CC(=O)N[C@@H]1C[C@H](OC(C)(C)C)[C@H]1CC(=O)O. The number of hydrogen-bond donors (Lipinski definition) is 2. The Balaban J connectivity index is 2.57. The molecule has 1 aliphatic carbocycles. The zero-order valence-electron chi connectivity index (χ0n) is 10.8. The molecule has 1 fully saturated rings. The summed E-state index contributed by atoms with van der Waals surface area (Å²) in [5, 5.41) is 11.6. The number of carboxylic acid groups (broad SMARTS) is 1. The molecule has 5 heteroatoms. The number of carboxylic acids is 1. The second-order valence-corrected chi connectivity index (χ2v) is 5.57. The highest BCUT2D eigenvalue weighted by Crippen LogP contribution is 2.36. The van der Waals surface area contributed by atoms with Gasteiger partial charge in [0.25, 0.3) is 0 Å². The molecule has 17 heavy (non-hydrogen) atoms. The number of ether oxygens (including phenoxy) is 1. The molecule has 5 nitrogen and oxygen atoms in total. The van der Waals surface area contributed by atoms with Gasteiger partial charge >= 0.3 is 5.97 Å². The zero-order valence-corrected chi connectivity index (χ0v) is 10.8. The van der Waals surface area contributed by atoms with E-state index < -0.39 is 5.97 Å². The highest BCUT2D eigenvalue weighted by molar-refractivity contribution is 5.74. The summed E-state index contributed by atoms with van der Waals surface area (Å²) in [5.41, 5.74) is -0.289. The van der Waals surface area contributed by atoms with E-state index in [9.17, 15) is 9.59 Å². The third-order valence-electron chi connectivity index (χ3n) is 2.78. The molecule has 0 aromatic rings. The summed E-state index contributed by atoms with van der Waals surface area (Å²) in [6, 6.07) is -0.0732. The first-order valence-corrected chi connectivity index (χ1v) is 5.86. The van der Waals surface area contributed by atoms with E-state index in [1.165, 1.54) is 6.92 Å². The van der Waals surface area contributed by atoms with E-state index in [0.717, 1.165) is 0 Å². The summed E-state index contributed by atoms with van der Waals surface area (Å²) >= 11 is 0. The van der Waals surface area contributed by atoms with Crippen LogP contribution < -0.4 is 5.32 Å². The maximum absolute atomic E-state index is 11.0. The van der Waals surface area contributed by atoms with E-state index >= 15 is 0 Å². The van der Waals surface area contributed by atoms with Gasteiger partial charge < -0.3 is 15.2 Å². The van der Waals surface area contributed by atoms with Gasteiger partial charge in [-0.2, -0.15) is 0 Å². The van der Waals surface area contributed by atoms with Gasteiger partial charge in [-0.3, -0.25) is 9.59 Å². The molecule has 0 bridgehead atoms. The molecule has 0 aromatic heterocycles. The summed E-state index contributed by atoms with van der Waals surface area (Å²) < 4.78 is 5.78. The van der Waals surface area contributed by atoms with Crippen molar-refractivity contribution in [3.05, 3.63) is 0 Å². The average Bonchev–Trinajstić information content (AvgIpc) is 2.10. The molecule has 0 heterocycles. The Morgan fingerprint density at radius 2 is 2.00 bits per heavy atom. The first-order valence-electron chi connectivity index (χ1n) is 5.86. The predicted octanol–water partition coefficient (Wildman–Crippen LogP) is 1.17. The number of nitrogens with one attached hydrogen (secondary N) is 1. The summed E-state index contributed by atoms with van der Waals surface area (Å²) in [6.45, 7) is 7.26. The van der Waals surface area contributed by atoms with Gasteiger partial charge in [0.05, 0.1) is 18.1 Å². The summed E-state index contributed by atoms with van der Waals surface area (Å²) in [5.74, 6) is -1.11. The number of carbonyl (C=O) groups excluding carboxylic acids is 1. The van der Waals surface area contributed by atoms with Crippen LogP contribution >= 0.6 is 0 Å². The molecule has 1 aliphatic rings. The predicted molar refractivity (Wildman–Crippen MR) is 62.6 cm³/mol. The van der Waals surface area contributed by atoms with Crippen molar-refractivity contribution in [3.8, 4) is 0 Å². The van der Waals surface area contributed by atoms with Gasteiger partial charge in [-0.15, -0.1) is 0 Å². The maximum Gasteiger partial charge on any atom is 0.303 e. The Bertz CT molecular complexity index is 308. The molecule has 1 amide bonds. The maximum atomic E-state index is 11.0. The molecule has 0 spiro atoms. The van der Waals surface area contributed by atoms with Crippen LogP contribution in [0, 0.1) is 5.92 Å². The molecule has 2 N–H and O–H groups in total. The number of amides is 1. The molecule has 0 saturated heterocycles. The standard InChI is InChI=1S/C12H21NO4/c1-7(14)13-9-6-10(17-12(2,3)4)8(9)5-11(15)16/h8-10H,5-6H2,1-4H3,(H,13,14)(H,15,16)/t8-,9+,10-/m0/s1. The smallest absolute Gasteiger partial charge is 0.303 e. The fourth-order valence-corrected chi connectivity index (χ4v) is 2.16. The Labute approximate surface area is 102 Å². The summed E-state index contributed by atoms with van der Waals surface area (Å²) in [6.07, 6.45) is 0.642. The van der Waals surface area contributed by atoms with E-state index in [2.05, 4.69) is 5.32 Å². The van der Waals surface area contributed by atoms with E-state index in [1.807, 2.05) is 20.8 Å². The lowest BCUT2D eigenvalue weighted by Gasteiger charge is -2.46. The topological polar surface area (TPSA) is 75.6 Å². The van der Waals surface area contributed by atoms with Crippen molar-refractivity contribution in [3.63, 3.8) is 0 Å². The van der Waals surface area contributed by atoms with E-state index in [1.54, 1.807) is 0 Å². The van der Waals surface area contributed by atoms with Gasteiger partial charge in [-0.1, -0.05) is 0 Å². The molecule has 0 unspecified atom stereocenters. The van der Waals surface area contributed by atoms with E-state index in [4.69, 9.17) is 9.84 Å². The van der Waals surface area contributed by atoms with Crippen LogP contribution in [0.4, 0.5) is 0 Å². The van der Waals surface area contributed by atoms with Crippen molar-refractivity contribution in [2.45, 2.75) is 58.3 Å². The van der Waals surface area contributed by atoms with Gasteiger partial charge in [0.1, 0.15) is 0 Å². The molecule has 0 aromatic carbocycles. The van der Waals surface area contributed by atoms with Gasteiger partial charge in [0, 0.05) is 18.9 Å². The Hall–Kier alpha value is -1.10. The number of aliphatic carboxylic acids is 1. The molecule has 98 valence electrons. The van der Waals surface area contributed by atoms with Gasteiger partial charge in [0.15, 0.2) is 0 Å². The van der Waals surface area contributed by atoms with Crippen molar-refractivity contribution in [2.24, 2.45) is 5.92 Å². The van der Waals surface area contributed by atoms with Crippen molar-refractivity contribution in [1.82, 2.24) is 5.32 Å². The van der Waals surface area contributed by atoms with Crippen LogP contribution in [0.5, 0.6) is 0 Å².